The van der Waals surface area contributed by atoms with E-state index in [1.54, 1.807) is 7.11 Å². The van der Waals surface area contributed by atoms with Crippen molar-refractivity contribution in [3.05, 3.63) is 60.2 Å². The summed E-state index contributed by atoms with van der Waals surface area (Å²) in [7, 11) is 1.72. The molecule has 0 unspecified atom stereocenters. The summed E-state index contributed by atoms with van der Waals surface area (Å²) < 4.78 is 5.51. The number of piperazine rings is 1. The Morgan fingerprint density at radius 3 is 2.42 bits per heavy atom. The number of anilines is 1. The van der Waals surface area contributed by atoms with Gasteiger partial charge in [0.25, 0.3) is 5.91 Å². The number of methoxy groups -OCH3 is 1. The standard InChI is InChI=1S/C24H33N5O2/c1-3-25-24(27-15-9-14-26-23(30)20-10-5-4-6-11-20)29-18-16-28(17-19-29)21-12-7-8-13-22(21)31-2/h4-8,10-13H,3,9,14-19H2,1-2H3,(H,25,27)(H,26,30). The minimum Gasteiger partial charge on any atom is -0.495 e. The predicted octanol–water partition coefficient (Wildman–Crippen LogP) is 2.60. The lowest BCUT2D eigenvalue weighted by Gasteiger charge is -2.38. The van der Waals surface area contributed by atoms with Crippen LogP contribution in [-0.2, 0) is 0 Å². The third-order valence-electron chi connectivity index (χ3n) is 5.26. The van der Waals surface area contributed by atoms with Crippen LogP contribution < -0.4 is 20.3 Å². The quantitative estimate of drug-likeness (QED) is 0.388. The second kappa shape index (κ2) is 11.8. The highest BCUT2D eigenvalue weighted by Crippen LogP contribution is 2.28. The molecule has 2 aromatic rings. The number of carbonyl (C=O) groups excluding carboxylic acids is 1. The van der Waals surface area contributed by atoms with Crippen LogP contribution in [-0.4, -0.2) is 69.7 Å². The summed E-state index contributed by atoms with van der Waals surface area (Å²) in [6.45, 7) is 7.82. The Balaban J connectivity index is 1.47. The number of hydrogen-bond acceptors (Lipinski definition) is 4. The van der Waals surface area contributed by atoms with Crippen molar-refractivity contribution in [1.29, 1.82) is 0 Å². The second-order valence-corrected chi connectivity index (χ2v) is 7.36. The lowest BCUT2D eigenvalue weighted by Crippen LogP contribution is -2.52. The van der Waals surface area contributed by atoms with Crippen LogP contribution in [0.1, 0.15) is 23.7 Å². The summed E-state index contributed by atoms with van der Waals surface area (Å²) in [6.07, 6.45) is 0.800. The number of ether oxygens (including phenoxy) is 1. The first-order chi connectivity index (χ1) is 15.2. The summed E-state index contributed by atoms with van der Waals surface area (Å²) in [5.74, 6) is 1.81. The van der Waals surface area contributed by atoms with Gasteiger partial charge in [0, 0.05) is 51.4 Å². The maximum atomic E-state index is 12.1. The minimum absolute atomic E-state index is 0.0380. The van der Waals surface area contributed by atoms with Crippen molar-refractivity contribution in [3.8, 4) is 5.75 Å². The Morgan fingerprint density at radius 2 is 1.71 bits per heavy atom. The molecule has 0 spiro atoms. The van der Waals surface area contributed by atoms with E-state index >= 15 is 0 Å². The Kier molecular flexibility index (Phi) is 8.58. The van der Waals surface area contributed by atoms with E-state index in [-0.39, 0.29) is 5.91 Å². The summed E-state index contributed by atoms with van der Waals surface area (Å²) in [5.41, 5.74) is 1.83. The van der Waals surface area contributed by atoms with Crippen LogP contribution in [0.5, 0.6) is 5.75 Å². The fourth-order valence-electron chi connectivity index (χ4n) is 3.63. The molecule has 3 rings (SSSR count). The molecule has 1 saturated heterocycles. The lowest BCUT2D eigenvalue weighted by atomic mass is 10.2. The smallest absolute Gasteiger partial charge is 0.251 e. The van der Waals surface area contributed by atoms with E-state index in [0.717, 1.165) is 56.5 Å². The number of carbonyl (C=O) groups is 1. The van der Waals surface area contributed by atoms with Crippen molar-refractivity contribution in [3.63, 3.8) is 0 Å². The van der Waals surface area contributed by atoms with Crippen LogP contribution in [0.4, 0.5) is 5.69 Å². The van der Waals surface area contributed by atoms with Gasteiger partial charge in [-0.05, 0) is 37.6 Å². The zero-order chi connectivity index (χ0) is 21.9. The number of rotatable bonds is 8. The number of guanidine groups is 1. The summed E-state index contributed by atoms with van der Waals surface area (Å²) in [4.78, 5) is 21.5. The number of nitrogens with one attached hydrogen (secondary N) is 2. The van der Waals surface area contributed by atoms with Gasteiger partial charge in [0.1, 0.15) is 5.75 Å². The molecule has 7 nitrogen and oxygen atoms in total. The number of amides is 1. The van der Waals surface area contributed by atoms with Gasteiger partial charge in [-0.15, -0.1) is 0 Å². The van der Waals surface area contributed by atoms with Gasteiger partial charge in [0.05, 0.1) is 12.8 Å². The fourth-order valence-corrected chi connectivity index (χ4v) is 3.63. The van der Waals surface area contributed by atoms with E-state index < -0.39 is 0 Å². The maximum Gasteiger partial charge on any atom is 0.251 e. The molecule has 0 aromatic heterocycles. The lowest BCUT2D eigenvalue weighted by molar-refractivity contribution is 0.0953. The summed E-state index contributed by atoms with van der Waals surface area (Å²) in [5, 5.41) is 6.36. The highest BCUT2D eigenvalue weighted by atomic mass is 16.5. The van der Waals surface area contributed by atoms with Crippen LogP contribution in [0.25, 0.3) is 0 Å². The third-order valence-corrected chi connectivity index (χ3v) is 5.26. The average molecular weight is 424 g/mol. The van der Waals surface area contributed by atoms with E-state index in [9.17, 15) is 4.79 Å². The molecule has 7 heteroatoms. The second-order valence-electron chi connectivity index (χ2n) is 7.36. The molecule has 1 aliphatic heterocycles. The van der Waals surface area contributed by atoms with E-state index in [1.165, 1.54) is 0 Å². The molecule has 31 heavy (non-hydrogen) atoms. The average Bonchev–Trinajstić information content (AvgIpc) is 2.83. The minimum atomic E-state index is -0.0380. The van der Waals surface area contributed by atoms with Gasteiger partial charge in [-0.1, -0.05) is 30.3 Å². The number of benzene rings is 2. The first-order valence-electron chi connectivity index (χ1n) is 11.0. The van der Waals surface area contributed by atoms with E-state index in [2.05, 4.69) is 33.4 Å². The van der Waals surface area contributed by atoms with Gasteiger partial charge in [-0.25, -0.2) is 0 Å². The molecule has 0 radical (unpaired) electrons. The maximum absolute atomic E-state index is 12.1. The first-order valence-corrected chi connectivity index (χ1v) is 11.0. The van der Waals surface area contributed by atoms with E-state index in [1.807, 2.05) is 48.5 Å². The molecular weight excluding hydrogens is 390 g/mol. The number of para-hydroxylation sites is 2. The van der Waals surface area contributed by atoms with Gasteiger partial charge < -0.3 is 25.2 Å². The Morgan fingerprint density at radius 1 is 1.00 bits per heavy atom. The van der Waals surface area contributed by atoms with Crippen LogP contribution in [0.15, 0.2) is 59.6 Å². The zero-order valence-electron chi connectivity index (χ0n) is 18.5. The predicted molar refractivity (Wildman–Crippen MR) is 126 cm³/mol. The van der Waals surface area contributed by atoms with Crippen LogP contribution in [0.2, 0.25) is 0 Å². The normalized spacial score (nSPS) is 14.3. The SMILES string of the molecule is CCNC(=NCCCNC(=O)c1ccccc1)N1CCN(c2ccccc2OC)CC1. The topological polar surface area (TPSA) is 69.2 Å². The van der Waals surface area contributed by atoms with Gasteiger partial charge in [-0.2, -0.15) is 0 Å². The Labute approximate surface area is 185 Å². The molecule has 0 aliphatic carbocycles. The molecule has 1 amide bonds. The van der Waals surface area contributed by atoms with Crippen molar-refractivity contribution in [2.45, 2.75) is 13.3 Å². The first kappa shape index (κ1) is 22.5. The van der Waals surface area contributed by atoms with E-state index in [0.29, 0.717) is 18.7 Å². The number of hydrogen-bond donors (Lipinski definition) is 2. The zero-order valence-corrected chi connectivity index (χ0v) is 18.5. The van der Waals surface area contributed by atoms with Crippen molar-refractivity contribution >= 4 is 17.6 Å². The molecule has 0 bridgehead atoms. The molecule has 0 atom stereocenters. The molecular formula is C24H33N5O2. The largest absolute Gasteiger partial charge is 0.495 e. The summed E-state index contributed by atoms with van der Waals surface area (Å²) in [6, 6.07) is 17.4. The van der Waals surface area contributed by atoms with Crippen molar-refractivity contribution < 1.29 is 9.53 Å². The monoisotopic (exact) mass is 423 g/mol. The number of aliphatic imine (C=N–C) groups is 1. The third kappa shape index (κ3) is 6.38. The van der Waals surface area contributed by atoms with Gasteiger partial charge in [0.2, 0.25) is 0 Å². The highest BCUT2D eigenvalue weighted by Gasteiger charge is 2.21. The van der Waals surface area contributed by atoms with Crippen molar-refractivity contribution in [2.75, 3.05) is 57.8 Å². The molecule has 2 aromatic carbocycles. The van der Waals surface area contributed by atoms with Crippen LogP contribution in [0, 0.1) is 0 Å². The summed E-state index contributed by atoms with van der Waals surface area (Å²) >= 11 is 0. The van der Waals surface area contributed by atoms with Gasteiger partial charge >= 0.3 is 0 Å². The molecule has 166 valence electrons. The van der Waals surface area contributed by atoms with Crippen LogP contribution in [0.3, 0.4) is 0 Å². The molecule has 1 fully saturated rings. The van der Waals surface area contributed by atoms with Gasteiger partial charge in [0.15, 0.2) is 5.96 Å². The van der Waals surface area contributed by atoms with Crippen LogP contribution >= 0.6 is 0 Å². The molecule has 1 aliphatic rings. The molecule has 1 heterocycles. The van der Waals surface area contributed by atoms with Crippen molar-refractivity contribution in [2.24, 2.45) is 4.99 Å². The van der Waals surface area contributed by atoms with E-state index in [4.69, 9.17) is 9.73 Å². The fraction of sp³-hybridized carbons (Fsp3) is 0.417. The van der Waals surface area contributed by atoms with Crippen molar-refractivity contribution in [1.82, 2.24) is 15.5 Å². The highest BCUT2D eigenvalue weighted by molar-refractivity contribution is 5.94. The Hall–Kier alpha value is -3.22. The number of nitrogens with zero attached hydrogens (tertiary/aromatic N) is 3. The Bertz CT molecular complexity index is 848. The molecule has 0 saturated carbocycles. The molecule has 2 N–H and O–H groups in total. The van der Waals surface area contributed by atoms with Gasteiger partial charge in [-0.3, -0.25) is 9.79 Å².